The predicted octanol–water partition coefficient (Wildman–Crippen LogP) is 3.09. The summed E-state index contributed by atoms with van der Waals surface area (Å²) in [4.78, 5) is 8.50. The number of nitrogens with two attached hydrogens (primary N) is 1. The summed E-state index contributed by atoms with van der Waals surface area (Å²) in [5.41, 5.74) is 7.11. The lowest BCUT2D eigenvalue weighted by Gasteiger charge is -2.03. The van der Waals surface area contributed by atoms with Crippen LogP contribution in [0.3, 0.4) is 0 Å². The van der Waals surface area contributed by atoms with Crippen molar-refractivity contribution in [2.45, 2.75) is 17.6 Å². The van der Waals surface area contributed by atoms with Crippen LogP contribution in [-0.4, -0.2) is 22.4 Å². The van der Waals surface area contributed by atoms with Crippen LogP contribution < -0.4 is 5.73 Å². The molecule has 0 amide bonds. The van der Waals surface area contributed by atoms with E-state index in [1.54, 1.807) is 19.2 Å². The van der Waals surface area contributed by atoms with Crippen molar-refractivity contribution in [3.05, 3.63) is 51.2 Å². The topological polar surface area (TPSA) is 75.1 Å². The van der Waals surface area contributed by atoms with Gasteiger partial charge in [-0.2, -0.15) is 5.26 Å². The van der Waals surface area contributed by atoms with Crippen LogP contribution in [0.2, 0.25) is 0 Å². The van der Waals surface area contributed by atoms with Crippen LogP contribution in [0.1, 0.15) is 33.4 Å². The lowest BCUT2D eigenvalue weighted by atomic mass is 10.1. The molecular weight excluding hydrogens is 343 g/mol. The Bertz CT molecular complexity index is 901. The Hall–Kier alpha value is -2.35. The van der Waals surface area contributed by atoms with Gasteiger partial charge in [0.25, 0.3) is 0 Å². The summed E-state index contributed by atoms with van der Waals surface area (Å²) in [7, 11) is 1.65. The van der Waals surface area contributed by atoms with E-state index in [1.165, 1.54) is 35.4 Å². The second-order valence-corrected chi connectivity index (χ2v) is 7.48. The number of amidine groups is 1. The third kappa shape index (κ3) is 3.76. The van der Waals surface area contributed by atoms with Crippen LogP contribution in [-0.2, 0) is 0 Å². The summed E-state index contributed by atoms with van der Waals surface area (Å²) >= 11 is 2.72. The fourth-order valence-corrected chi connectivity index (χ4v) is 3.85. The lowest BCUT2D eigenvalue weighted by Crippen LogP contribution is -2.07. The van der Waals surface area contributed by atoms with Gasteiger partial charge in [-0.3, -0.25) is 4.99 Å². The lowest BCUT2D eigenvalue weighted by molar-refractivity contribution is 0.611. The highest BCUT2D eigenvalue weighted by Crippen LogP contribution is 2.50. The molecule has 0 aliphatic heterocycles. The van der Waals surface area contributed by atoms with Gasteiger partial charge in [0.1, 0.15) is 16.8 Å². The fourth-order valence-electron chi connectivity index (χ4n) is 2.25. The molecule has 1 aliphatic rings. The van der Waals surface area contributed by atoms with Crippen LogP contribution in [0.4, 0.5) is 4.39 Å². The molecule has 0 spiro atoms. The molecule has 1 aromatic carbocycles. The van der Waals surface area contributed by atoms with E-state index in [0.717, 1.165) is 12.0 Å². The normalized spacial score (nSPS) is 19.3. The Labute approximate surface area is 147 Å². The second kappa shape index (κ2) is 7.04. The Balaban J connectivity index is 1.77. The van der Waals surface area contributed by atoms with Gasteiger partial charge in [-0.15, -0.1) is 0 Å². The number of rotatable bonds is 2. The summed E-state index contributed by atoms with van der Waals surface area (Å²) < 4.78 is 14.1. The van der Waals surface area contributed by atoms with E-state index in [-0.39, 0.29) is 17.0 Å². The quantitative estimate of drug-likeness (QED) is 0.510. The number of thiazole rings is 1. The van der Waals surface area contributed by atoms with Gasteiger partial charge in [-0.1, -0.05) is 29.0 Å². The first-order valence-corrected chi connectivity index (χ1v) is 8.86. The molecule has 0 radical (unpaired) electrons. The van der Waals surface area contributed by atoms with Crippen molar-refractivity contribution in [3.63, 3.8) is 0 Å². The predicted molar refractivity (Wildman–Crippen MR) is 95.5 cm³/mol. The largest absolute Gasteiger partial charge is 0.379 e. The summed E-state index contributed by atoms with van der Waals surface area (Å²) in [6.45, 7) is 0. The molecule has 1 fully saturated rings. The maximum atomic E-state index is 14.1. The zero-order valence-electron chi connectivity index (χ0n) is 12.8. The monoisotopic (exact) mass is 356 g/mol. The standard InChI is InChI=1S/C17H13FN4S2/c1-21-17(20)24-15-7-13(15)12-6-10(2-4-14(12)18)3-5-16-22-9-11(8-19)23-16/h2,4,6,9,13,15H,7H2,1H3,(H2,20,21). The molecule has 4 nitrogen and oxygen atoms in total. The Morgan fingerprint density at radius 1 is 1.50 bits per heavy atom. The minimum absolute atomic E-state index is 0.141. The van der Waals surface area contributed by atoms with Crippen molar-refractivity contribution in [1.29, 1.82) is 5.26 Å². The zero-order valence-corrected chi connectivity index (χ0v) is 14.4. The number of hydrogen-bond donors (Lipinski definition) is 1. The molecule has 1 heterocycles. The van der Waals surface area contributed by atoms with Gasteiger partial charge in [0.05, 0.1) is 6.20 Å². The van der Waals surface area contributed by atoms with Crippen molar-refractivity contribution in [2.24, 2.45) is 10.7 Å². The van der Waals surface area contributed by atoms with E-state index in [1.807, 2.05) is 6.07 Å². The first kappa shape index (κ1) is 16.5. The molecule has 2 unspecified atom stereocenters. The summed E-state index contributed by atoms with van der Waals surface area (Å²) in [5.74, 6) is 5.82. The zero-order chi connectivity index (χ0) is 17.1. The number of hydrogen-bond acceptors (Lipinski definition) is 5. The molecule has 1 aliphatic carbocycles. The average molecular weight is 356 g/mol. The van der Waals surface area contributed by atoms with Crippen LogP contribution in [0, 0.1) is 29.0 Å². The second-order valence-electron chi connectivity index (χ2n) is 5.19. The van der Waals surface area contributed by atoms with E-state index in [9.17, 15) is 4.39 Å². The molecule has 2 atom stereocenters. The van der Waals surface area contributed by atoms with Crippen molar-refractivity contribution < 1.29 is 4.39 Å². The van der Waals surface area contributed by atoms with Gasteiger partial charge >= 0.3 is 0 Å². The van der Waals surface area contributed by atoms with E-state index >= 15 is 0 Å². The maximum Gasteiger partial charge on any atom is 0.168 e. The summed E-state index contributed by atoms with van der Waals surface area (Å²) in [6, 6.07) is 6.90. The highest BCUT2D eigenvalue weighted by molar-refractivity contribution is 8.14. The Morgan fingerprint density at radius 3 is 3.04 bits per heavy atom. The van der Waals surface area contributed by atoms with Gasteiger partial charge in [0, 0.05) is 23.8 Å². The average Bonchev–Trinajstić information content (AvgIpc) is 3.18. The van der Waals surface area contributed by atoms with Crippen molar-refractivity contribution in [1.82, 2.24) is 4.98 Å². The molecule has 2 aromatic rings. The molecule has 2 N–H and O–H groups in total. The molecule has 1 aromatic heterocycles. The maximum absolute atomic E-state index is 14.1. The Kier molecular flexibility index (Phi) is 4.84. The van der Waals surface area contributed by atoms with Crippen LogP contribution >= 0.6 is 23.1 Å². The summed E-state index contributed by atoms with van der Waals surface area (Å²) in [6.07, 6.45) is 2.38. The van der Waals surface area contributed by atoms with E-state index in [2.05, 4.69) is 21.8 Å². The van der Waals surface area contributed by atoms with E-state index in [0.29, 0.717) is 20.6 Å². The van der Waals surface area contributed by atoms with Gasteiger partial charge < -0.3 is 5.73 Å². The van der Waals surface area contributed by atoms with E-state index in [4.69, 9.17) is 11.0 Å². The molecule has 1 saturated carbocycles. The van der Waals surface area contributed by atoms with Crippen molar-refractivity contribution in [2.75, 3.05) is 7.05 Å². The number of aliphatic imine (C=N–C) groups is 1. The molecule has 7 heteroatoms. The summed E-state index contributed by atoms with van der Waals surface area (Å²) in [5, 5.41) is 10.2. The van der Waals surface area contributed by atoms with Crippen molar-refractivity contribution >= 4 is 28.3 Å². The molecule has 24 heavy (non-hydrogen) atoms. The highest BCUT2D eigenvalue weighted by atomic mass is 32.2. The minimum atomic E-state index is -0.221. The number of benzene rings is 1. The third-order valence-corrected chi connectivity index (χ3v) is 5.61. The number of aromatic nitrogens is 1. The molecule has 120 valence electrons. The third-order valence-electron chi connectivity index (χ3n) is 3.55. The molecular formula is C17H13FN4S2. The van der Waals surface area contributed by atoms with E-state index < -0.39 is 0 Å². The smallest absolute Gasteiger partial charge is 0.168 e. The number of thioether (sulfide) groups is 1. The fraction of sp³-hybridized carbons (Fsp3) is 0.235. The van der Waals surface area contributed by atoms with Crippen molar-refractivity contribution in [3.8, 4) is 17.9 Å². The van der Waals surface area contributed by atoms with Crippen LogP contribution in [0.5, 0.6) is 0 Å². The first-order valence-electron chi connectivity index (χ1n) is 7.17. The van der Waals surface area contributed by atoms with Gasteiger partial charge in [-0.25, -0.2) is 9.37 Å². The van der Waals surface area contributed by atoms with Crippen LogP contribution in [0.15, 0.2) is 29.4 Å². The number of halogens is 1. The van der Waals surface area contributed by atoms with Gasteiger partial charge in [0.15, 0.2) is 10.2 Å². The first-order chi connectivity index (χ1) is 11.6. The van der Waals surface area contributed by atoms with Crippen LogP contribution in [0.25, 0.3) is 0 Å². The van der Waals surface area contributed by atoms with Gasteiger partial charge in [-0.05, 0) is 36.1 Å². The SMILES string of the molecule is C/N=C(/N)SC1CC1c1cc(C#Cc2ncc(C#N)s2)ccc1F. The number of nitrogens with zero attached hydrogens (tertiary/aromatic N) is 3. The number of nitriles is 1. The van der Waals surface area contributed by atoms with Gasteiger partial charge in [0.2, 0.25) is 0 Å². The minimum Gasteiger partial charge on any atom is -0.379 e. The Morgan fingerprint density at radius 2 is 2.33 bits per heavy atom. The molecule has 0 bridgehead atoms. The highest BCUT2D eigenvalue weighted by Gasteiger charge is 2.41. The molecule has 0 saturated heterocycles. The molecule has 3 rings (SSSR count).